The van der Waals surface area contributed by atoms with Gasteiger partial charge in [-0.3, -0.25) is 4.90 Å². The SMILES string of the molecule is O=C(O)c1cccc(CN2CCS[C@H]2C(=O)O[C@@H](Cc2c(Cl)c[nH+]cc2Cl)c2ccc(OC(F)F)c(OCC3CC3)c2)c1.[OH-]. The van der Waals surface area contributed by atoms with E-state index in [2.05, 4.69) is 9.72 Å². The second-order valence-corrected chi connectivity index (χ2v) is 12.3. The van der Waals surface area contributed by atoms with Crippen molar-refractivity contribution >= 4 is 46.9 Å². The van der Waals surface area contributed by atoms with E-state index in [1.807, 2.05) is 11.0 Å². The van der Waals surface area contributed by atoms with Gasteiger partial charge < -0.3 is 24.8 Å². The molecule has 1 aliphatic heterocycles. The van der Waals surface area contributed by atoms with Crippen LogP contribution in [0.25, 0.3) is 0 Å². The molecule has 14 heteroatoms. The predicted octanol–water partition coefficient (Wildman–Crippen LogP) is 6.12. The highest BCUT2D eigenvalue weighted by Gasteiger charge is 2.35. The standard InChI is InChI=1S/C30H28Cl2F2N2O6S.H2O/c31-22-13-35-14-23(32)21(22)12-25(19-6-7-24(42-30(33)34)26(11-19)40-16-17-4-5-17)41-29(39)27-36(8-9-43-27)15-18-2-1-3-20(10-18)28(37)38;/h1-3,6-7,10-11,13-14,17,25,27,30H,4-5,8-9,12,15-16H2,(H,37,38);1H2/t25-,27-;/m0./s1. The summed E-state index contributed by atoms with van der Waals surface area (Å²) in [5, 5.41) is 9.38. The molecule has 2 fully saturated rings. The van der Waals surface area contributed by atoms with Gasteiger partial charge >= 0.3 is 18.6 Å². The normalized spacial score (nSPS) is 17.2. The van der Waals surface area contributed by atoms with Crippen LogP contribution in [0, 0.1) is 5.92 Å². The van der Waals surface area contributed by atoms with Gasteiger partial charge in [0.05, 0.1) is 12.2 Å². The van der Waals surface area contributed by atoms with Crippen LogP contribution < -0.4 is 14.5 Å². The number of hydrogen-bond donors (Lipinski definition) is 1. The molecule has 1 aliphatic carbocycles. The number of ether oxygens (including phenoxy) is 3. The smallest absolute Gasteiger partial charge is 0.387 e. The van der Waals surface area contributed by atoms with E-state index in [9.17, 15) is 23.5 Å². The van der Waals surface area contributed by atoms with Gasteiger partial charge in [0.15, 0.2) is 29.3 Å². The minimum Gasteiger partial charge on any atom is -0.870 e. The number of aromatic nitrogens is 1. The Morgan fingerprint density at radius 1 is 1.09 bits per heavy atom. The number of nitrogens with one attached hydrogen (secondary N) is 1. The average Bonchev–Trinajstić information content (AvgIpc) is 3.69. The van der Waals surface area contributed by atoms with E-state index in [4.69, 9.17) is 32.7 Å². The molecule has 44 heavy (non-hydrogen) atoms. The number of esters is 1. The third kappa shape index (κ3) is 8.72. The number of benzene rings is 2. The fourth-order valence-corrected chi connectivity index (χ4v) is 6.40. The number of nitrogens with zero attached hydrogens (tertiary/aromatic N) is 1. The third-order valence-electron chi connectivity index (χ3n) is 7.12. The van der Waals surface area contributed by atoms with Gasteiger partial charge in [-0.25, -0.2) is 14.6 Å². The fraction of sp³-hybridized carbons (Fsp3) is 0.367. The Hall–Kier alpha value is -3.16. The zero-order chi connectivity index (χ0) is 30.5. The number of carboxylic acid groups (broad SMARTS) is 1. The summed E-state index contributed by atoms with van der Waals surface area (Å²) in [4.78, 5) is 29.9. The summed E-state index contributed by atoms with van der Waals surface area (Å²) in [6.07, 6.45) is 4.34. The Kier molecular flexibility index (Phi) is 11.7. The second kappa shape index (κ2) is 15.2. The second-order valence-electron chi connectivity index (χ2n) is 10.3. The number of thioether (sulfide) groups is 1. The lowest BCUT2D eigenvalue weighted by atomic mass is 10.0. The molecule has 3 aromatic rings. The molecule has 0 radical (unpaired) electrons. The van der Waals surface area contributed by atoms with Crippen molar-refractivity contribution in [1.29, 1.82) is 0 Å². The van der Waals surface area contributed by atoms with Crippen LogP contribution in [0.2, 0.25) is 10.0 Å². The molecule has 9 nitrogen and oxygen atoms in total. The first-order valence-electron chi connectivity index (χ1n) is 13.6. The Bertz CT molecular complexity index is 1460. The quantitative estimate of drug-likeness (QED) is 0.214. The van der Waals surface area contributed by atoms with E-state index in [-0.39, 0.29) is 29.0 Å². The van der Waals surface area contributed by atoms with Crippen molar-refractivity contribution in [3.63, 3.8) is 0 Å². The third-order valence-corrected chi connectivity index (χ3v) is 9.02. The summed E-state index contributed by atoms with van der Waals surface area (Å²) in [6, 6.07) is 11.0. The summed E-state index contributed by atoms with van der Waals surface area (Å²) in [6.45, 7) is -1.74. The number of pyridine rings is 1. The number of hydrogen-bond acceptors (Lipinski definition) is 8. The fourth-order valence-electron chi connectivity index (χ4n) is 4.73. The number of alkyl halides is 2. The monoisotopic (exact) mass is 670 g/mol. The first kappa shape index (κ1) is 33.7. The molecule has 3 N–H and O–H groups in total. The predicted molar refractivity (Wildman–Crippen MR) is 159 cm³/mol. The first-order chi connectivity index (χ1) is 20.7. The van der Waals surface area contributed by atoms with Crippen molar-refractivity contribution in [1.82, 2.24) is 4.90 Å². The van der Waals surface area contributed by atoms with Gasteiger partial charge in [0.2, 0.25) is 0 Å². The van der Waals surface area contributed by atoms with E-state index in [1.165, 1.54) is 23.9 Å². The molecule has 1 saturated carbocycles. The molecule has 0 unspecified atom stereocenters. The molecule has 1 saturated heterocycles. The van der Waals surface area contributed by atoms with Gasteiger partial charge in [0.1, 0.15) is 16.1 Å². The van der Waals surface area contributed by atoms with Crippen LogP contribution >= 0.6 is 35.0 Å². The summed E-state index contributed by atoms with van der Waals surface area (Å²) in [5.41, 5.74) is 1.94. The van der Waals surface area contributed by atoms with Gasteiger partial charge in [-0.15, -0.1) is 11.8 Å². The van der Waals surface area contributed by atoms with Gasteiger partial charge in [0, 0.05) is 30.8 Å². The first-order valence-corrected chi connectivity index (χ1v) is 15.4. The van der Waals surface area contributed by atoms with Crippen molar-refractivity contribution in [2.75, 3.05) is 18.9 Å². The summed E-state index contributed by atoms with van der Waals surface area (Å²) < 4.78 is 42.9. The highest BCUT2D eigenvalue weighted by atomic mass is 35.5. The minimum absolute atomic E-state index is 0. The van der Waals surface area contributed by atoms with Crippen LogP contribution in [0.4, 0.5) is 8.78 Å². The van der Waals surface area contributed by atoms with Gasteiger partial charge in [0.25, 0.3) is 0 Å². The highest BCUT2D eigenvalue weighted by molar-refractivity contribution is 8.00. The molecule has 2 aromatic carbocycles. The van der Waals surface area contributed by atoms with Crippen LogP contribution in [0.15, 0.2) is 54.9 Å². The van der Waals surface area contributed by atoms with Gasteiger partial charge in [-0.2, -0.15) is 8.78 Å². The highest BCUT2D eigenvalue weighted by Crippen LogP contribution is 2.38. The molecule has 0 bridgehead atoms. The number of halogens is 4. The maximum Gasteiger partial charge on any atom is 0.387 e. The number of carbonyl (C=O) groups is 2. The Morgan fingerprint density at radius 3 is 2.52 bits per heavy atom. The lowest BCUT2D eigenvalue weighted by Gasteiger charge is -2.26. The number of carbonyl (C=O) groups excluding carboxylic acids is 1. The van der Waals surface area contributed by atoms with E-state index in [1.54, 1.807) is 36.7 Å². The molecule has 2 aliphatic rings. The maximum atomic E-state index is 13.7. The van der Waals surface area contributed by atoms with E-state index in [0.29, 0.717) is 52.5 Å². The van der Waals surface area contributed by atoms with Crippen LogP contribution in [0.5, 0.6) is 11.5 Å². The van der Waals surface area contributed by atoms with Crippen molar-refractivity contribution in [2.45, 2.75) is 43.9 Å². The van der Waals surface area contributed by atoms with Crippen molar-refractivity contribution < 1.29 is 48.1 Å². The van der Waals surface area contributed by atoms with E-state index >= 15 is 0 Å². The van der Waals surface area contributed by atoms with E-state index < -0.39 is 30.0 Å². The molecule has 2 atom stereocenters. The molecule has 236 valence electrons. The van der Waals surface area contributed by atoms with Crippen LogP contribution in [0.1, 0.15) is 46.0 Å². The van der Waals surface area contributed by atoms with Gasteiger partial charge in [-0.05, 0) is 54.2 Å². The summed E-state index contributed by atoms with van der Waals surface area (Å²) in [5.74, 6) is -0.497. The lowest BCUT2D eigenvalue weighted by molar-refractivity contribution is -0.377. The summed E-state index contributed by atoms with van der Waals surface area (Å²) >= 11 is 14.3. The Morgan fingerprint density at radius 2 is 1.84 bits per heavy atom. The Labute approximate surface area is 266 Å². The number of aromatic carboxylic acids is 1. The number of H-pyrrole nitrogens is 1. The minimum atomic E-state index is -3.04. The number of carboxylic acids is 1. The Balaban J connectivity index is 0.00000442. The molecule has 2 heterocycles. The molecular formula is C30H30Cl2F2N2O7S. The lowest BCUT2D eigenvalue weighted by Crippen LogP contribution is -2.36. The average molecular weight is 672 g/mol. The largest absolute Gasteiger partial charge is 0.870 e. The molecule has 5 rings (SSSR count). The molecular weight excluding hydrogens is 641 g/mol. The number of aromatic amines is 1. The molecule has 0 amide bonds. The van der Waals surface area contributed by atoms with Crippen LogP contribution in [-0.2, 0) is 22.5 Å². The topological polar surface area (TPSA) is 129 Å². The van der Waals surface area contributed by atoms with Crippen molar-refractivity contribution in [3.05, 3.63) is 87.2 Å². The zero-order valence-corrected chi connectivity index (χ0v) is 25.6. The molecule has 1 aromatic heterocycles. The number of rotatable bonds is 13. The van der Waals surface area contributed by atoms with Crippen molar-refractivity contribution in [2.24, 2.45) is 5.92 Å². The van der Waals surface area contributed by atoms with Gasteiger partial charge in [-0.1, -0.05) is 41.4 Å². The van der Waals surface area contributed by atoms with E-state index in [0.717, 1.165) is 18.4 Å². The summed E-state index contributed by atoms with van der Waals surface area (Å²) in [7, 11) is 0. The molecule has 0 spiro atoms. The van der Waals surface area contributed by atoms with Crippen LogP contribution in [0.3, 0.4) is 0 Å². The van der Waals surface area contributed by atoms with Crippen LogP contribution in [-0.4, -0.2) is 58.3 Å². The maximum absolute atomic E-state index is 13.7. The van der Waals surface area contributed by atoms with Crippen molar-refractivity contribution in [3.8, 4) is 11.5 Å². The zero-order valence-electron chi connectivity index (χ0n) is 23.3.